The third kappa shape index (κ3) is 4.93. The van der Waals surface area contributed by atoms with Crippen LogP contribution in [-0.2, 0) is 4.74 Å². The summed E-state index contributed by atoms with van der Waals surface area (Å²) in [6.07, 6.45) is 0.966. The molecular weight excluding hydrogens is 290 g/mol. The van der Waals surface area contributed by atoms with E-state index < -0.39 is 0 Å². The molecule has 3 nitrogen and oxygen atoms in total. The van der Waals surface area contributed by atoms with Crippen LogP contribution in [0.15, 0.2) is 15.9 Å². The van der Waals surface area contributed by atoms with Gasteiger partial charge in [0.2, 0.25) is 0 Å². The molecule has 1 atom stereocenters. The van der Waals surface area contributed by atoms with Gasteiger partial charge in [0.15, 0.2) is 0 Å². The molecule has 0 saturated carbocycles. The summed E-state index contributed by atoms with van der Waals surface area (Å²) in [4.78, 5) is 1.33. The van der Waals surface area contributed by atoms with Crippen LogP contribution in [0.2, 0.25) is 0 Å². The van der Waals surface area contributed by atoms with Crippen molar-refractivity contribution in [2.75, 3.05) is 26.4 Å². The second-order valence-electron chi connectivity index (χ2n) is 3.50. The summed E-state index contributed by atoms with van der Waals surface area (Å²) < 4.78 is 6.36. The zero-order valence-electron chi connectivity index (χ0n) is 9.41. The van der Waals surface area contributed by atoms with Crippen molar-refractivity contribution in [3.8, 4) is 0 Å². The van der Waals surface area contributed by atoms with Crippen LogP contribution in [0.1, 0.15) is 24.3 Å². The van der Waals surface area contributed by atoms with Gasteiger partial charge in [-0.1, -0.05) is 0 Å². The fourth-order valence-corrected chi connectivity index (χ4v) is 3.12. The van der Waals surface area contributed by atoms with E-state index in [1.54, 1.807) is 11.3 Å². The first kappa shape index (κ1) is 14.1. The molecule has 0 aromatic carbocycles. The van der Waals surface area contributed by atoms with Gasteiger partial charge >= 0.3 is 0 Å². The second kappa shape index (κ2) is 8.20. The highest BCUT2D eigenvalue weighted by molar-refractivity contribution is 9.10. The standard InChI is InChI=1S/C11H18BrNO2S/c1-9(11-10(12)3-8-16-11)13-4-2-6-15-7-5-14/h3,8-9,13-14H,2,4-7H2,1H3. The monoisotopic (exact) mass is 307 g/mol. The van der Waals surface area contributed by atoms with E-state index in [1.807, 2.05) is 0 Å². The Bertz CT molecular complexity index is 293. The predicted molar refractivity (Wildman–Crippen MR) is 71.0 cm³/mol. The van der Waals surface area contributed by atoms with Crippen molar-refractivity contribution in [3.05, 3.63) is 20.8 Å². The van der Waals surface area contributed by atoms with Crippen molar-refractivity contribution in [1.82, 2.24) is 5.32 Å². The zero-order valence-corrected chi connectivity index (χ0v) is 11.8. The van der Waals surface area contributed by atoms with E-state index in [0.717, 1.165) is 13.0 Å². The van der Waals surface area contributed by atoms with Crippen LogP contribution in [0, 0.1) is 0 Å². The van der Waals surface area contributed by atoms with Gasteiger partial charge in [-0.25, -0.2) is 0 Å². The number of thiophene rings is 1. The van der Waals surface area contributed by atoms with E-state index in [9.17, 15) is 0 Å². The molecule has 1 aromatic heterocycles. The molecule has 92 valence electrons. The molecule has 1 heterocycles. The van der Waals surface area contributed by atoms with Crippen LogP contribution in [0.3, 0.4) is 0 Å². The average molecular weight is 308 g/mol. The first-order valence-electron chi connectivity index (χ1n) is 5.40. The normalized spacial score (nSPS) is 12.9. The lowest BCUT2D eigenvalue weighted by Crippen LogP contribution is -2.20. The zero-order chi connectivity index (χ0) is 11.8. The highest BCUT2D eigenvalue weighted by Gasteiger charge is 2.09. The SMILES string of the molecule is CC(NCCCOCCO)c1sccc1Br. The van der Waals surface area contributed by atoms with Gasteiger partial charge in [0, 0.05) is 22.0 Å². The molecule has 0 radical (unpaired) electrons. The highest BCUT2D eigenvalue weighted by Crippen LogP contribution is 2.28. The lowest BCUT2D eigenvalue weighted by atomic mass is 10.2. The Labute approximate surface area is 109 Å². The van der Waals surface area contributed by atoms with Crippen LogP contribution in [0.4, 0.5) is 0 Å². The fourth-order valence-electron chi connectivity index (χ4n) is 1.37. The van der Waals surface area contributed by atoms with Crippen LogP contribution in [0.5, 0.6) is 0 Å². The third-order valence-corrected chi connectivity index (χ3v) is 4.24. The number of ether oxygens (including phenoxy) is 1. The first-order valence-corrected chi connectivity index (χ1v) is 7.08. The summed E-state index contributed by atoms with van der Waals surface area (Å²) in [6.45, 7) is 4.33. The maximum atomic E-state index is 8.52. The molecule has 1 aromatic rings. The number of hydrogen-bond acceptors (Lipinski definition) is 4. The van der Waals surface area contributed by atoms with Crippen molar-refractivity contribution in [1.29, 1.82) is 0 Å². The first-order chi connectivity index (χ1) is 7.75. The third-order valence-electron chi connectivity index (χ3n) is 2.19. The number of rotatable bonds is 8. The van der Waals surface area contributed by atoms with Crippen molar-refractivity contribution >= 4 is 27.3 Å². The number of nitrogens with one attached hydrogen (secondary N) is 1. The maximum Gasteiger partial charge on any atom is 0.0697 e. The largest absolute Gasteiger partial charge is 0.394 e. The number of aliphatic hydroxyl groups excluding tert-OH is 1. The van der Waals surface area contributed by atoms with Gasteiger partial charge in [-0.3, -0.25) is 0 Å². The summed E-state index contributed by atoms with van der Waals surface area (Å²) in [6, 6.07) is 2.44. The molecule has 0 fully saturated rings. The molecule has 1 rings (SSSR count). The summed E-state index contributed by atoms with van der Waals surface area (Å²) in [7, 11) is 0. The fraction of sp³-hybridized carbons (Fsp3) is 0.636. The summed E-state index contributed by atoms with van der Waals surface area (Å²) in [5, 5.41) is 14.0. The predicted octanol–water partition coefficient (Wildman–Crippen LogP) is 2.56. The lowest BCUT2D eigenvalue weighted by molar-refractivity contribution is 0.0904. The highest BCUT2D eigenvalue weighted by atomic mass is 79.9. The number of halogens is 1. The van der Waals surface area contributed by atoms with Gasteiger partial charge < -0.3 is 15.2 Å². The van der Waals surface area contributed by atoms with Gasteiger partial charge in [0.05, 0.1) is 13.2 Å². The van der Waals surface area contributed by atoms with Gasteiger partial charge in [0.1, 0.15) is 0 Å². The van der Waals surface area contributed by atoms with Crippen molar-refractivity contribution in [2.45, 2.75) is 19.4 Å². The molecule has 0 aliphatic rings. The Morgan fingerprint density at radius 3 is 3.00 bits per heavy atom. The average Bonchev–Trinajstić information content (AvgIpc) is 2.69. The van der Waals surface area contributed by atoms with Crippen molar-refractivity contribution in [3.63, 3.8) is 0 Å². The van der Waals surface area contributed by atoms with E-state index in [2.05, 4.69) is 39.6 Å². The van der Waals surface area contributed by atoms with Crippen LogP contribution in [0.25, 0.3) is 0 Å². The van der Waals surface area contributed by atoms with Gasteiger partial charge in [-0.15, -0.1) is 11.3 Å². The molecular formula is C11H18BrNO2S. The lowest BCUT2D eigenvalue weighted by Gasteiger charge is -2.12. The van der Waals surface area contributed by atoms with Gasteiger partial charge in [-0.05, 0) is 47.3 Å². The van der Waals surface area contributed by atoms with E-state index in [-0.39, 0.29) is 6.61 Å². The molecule has 5 heteroatoms. The van der Waals surface area contributed by atoms with Crippen molar-refractivity contribution in [2.24, 2.45) is 0 Å². The number of aliphatic hydroxyl groups is 1. The van der Waals surface area contributed by atoms with Gasteiger partial charge in [-0.2, -0.15) is 0 Å². The Kier molecular flexibility index (Phi) is 7.23. The molecule has 1 unspecified atom stereocenters. The Morgan fingerprint density at radius 2 is 2.38 bits per heavy atom. The minimum Gasteiger partial charge on any atom is -0.394 e. The van der Waals surface area contributed by atoms with E-state index in [1.165, 1.54) is 9.35 Å². The Balaban J connectivity index is 2.11. The molecule has 0 bridgehead atoms. The van der Waals surface area contributed by atoms with E-state index in [0.29, 0.717) is 19.3 Å². The molecule has 0 aliphatic carbocycles. The number of hydrogen-bond donors (Lipinski definition) is 2. The van der Waals surface area contributed by atoms with Crippen LogP contribution < -0.4 is 5.32 Å². The minimum atomic E-state index is 0.103. The van der Waals surface area contributed by atoms with Crippen LogP contribution >= 0.6 is 27.3 Å². The summed E-state index contributed by atoms with van der Waals surface area (Å²) >= 11 is 5.28. The smallest absolute Gasteiger partial charge is 0.0697 e. The molecule has 0 saturated heterocycles. The van der Waals surface area contributed by atoms with Gasteiger partial charge in [0.25, 0.3) is 0 Å². The molecule has 0 spiro atoms. The van der Waals surface area contributed by atoms with E-state index in [4.69, 9.17) is 9.84 Å². The second-order valence-corrected chi connectivity index (χ2v) is 5.30. The van der Waals surface area contributed by atoms with E-state index >= 15 is 0 Å². The molecule has 2 N–H and O–H groups in total. The minimum absolute atomic E-state index is 0.103. The molecule has 0 amide bonds. The molecule has 16 heavy (non-hydrogen) atoms. The van der Waals surface area contributed by atoms with Crippen LogP contribution in [-0.4, -0.2) is 31.5 Å². The maximum absolute atomic E-state index is 8.52. The Hall–Kier alpha value is 0.0600. The quantitative estimate of drug-likeness (QED) is 0.725. The summed E-state index contributed by atoms with van der Waals surface area (Å²) in [5.74, 6) is 0. The topological polar surface area (TPSA) is 41.5 Å². The Morgan fingerprint density at radius 1 is 1.56 bits per heavy atom. The van der Waals surface area contributed by atoms with Crippen molar-refractivity contribution < 1.29 is 9.84 Å². The molecule has 0 aliphatic heterocycles. The summed E-state index contributed by atoms with van der Waals surface area (Å²) in [5.41, 5.74) is 0.